The van der Waals surface area contributed by atoms with Gasteiger partial charge in [-0.3, -0.25) is 13.9 Å². The summed E-state index contributed by atoms with van der Waals surface area (Å²) in [6.45, 7) is 2.48. The maximum Gasteiger partial charge on any atom is 0.416 e. The molecule has 0 radical (unpaired) electrons. The van der Waals surface area contributed by atoms with Gasteiger partial charge >= 0.3 is 6.18 Å². The van der Waals surface area contributed by atoms with Crippen molar-refractivity contribution in [1.82, 2.24) is 10.2 Å². The Labute approximate surface area is 271 Å². The highest BCUT2D eigenvalue weighted by Crippen LogP contribution is 2.33. The Morgan fingerprint density at radius 1 is 0.872 bits per heavy atom. The second kappa shape index (κ2) is 15.3. The van der Waals surface area contributed by atoms with Gasteiger partial charge < -0.3 is 10.2 Å². The summed E-state index contributed by atoms with van der Waals surface area (Å²) in [6.07, 6.45) is -4.21. The van der Waals surface area contributed by atoms with Crippen molar-refractivity contribution < 1.29 is 35.6 Å². The quantitative estimate of drug-likeness (QED) is 0.165. The molecule has 0 heterocycles. The van der Waals surface area contributed by atoms with Gasteiger partial charge in [0.1, 0.15) is 18.4 Å². The van der Waals surface area contributed by atoms with Crippen molar-refractivity contribution in [1.29, 1.82) is 0 Å². The highest BCUT2D eigenvalue weighted by atomic mass is 32.2. The number of hydrogen-bond donors (Lipinski definition) is 1. The van der Waals surface area contributed by atoms with Crippen LogP contribution in [0, 0.1) is 12.7 Å². The average molecular weight is 670 g/mol. The molecule has 0 aliphatic heterocycles. The van der Waals surface area contributed by atoms with Gasteiger partial charge in [0.2, 0.25) is 11.8 Å². The monoisotopic (exact) mass is 669 g/mol. The van der Waals surface area contributed by atoms with E-state index in [1.54, 1.807) is 43.3 Å². The topological polar surface area (TPSA) is 86.8 Å². The summed E-state index contributed by atoms with van der Waals surface area (Å²) < 4.78 is 84.9. The van der Waals surface area contributed by atoms with Gasteiger partial charge in [-0.05, 0) is 55.3 Å². The molecule has 0 saturated heterocycles. The van der Waals surface area contributed by atoms with Crippen molar-refractivity contribution in [2.75, 3.05) is 17.4 Å². The fraction of sp³-hybridized carbons (Fsp3) is 0.257. The third-order valence-corrected chi connectivity index (χ3v) is 9.26. The van der Waals surface area contributed by atoms with Crippen molar-refractivity contribution in [2.45, 2.75) is 50.3 Å². The highest BCUT2D eigenvalue weighted by Gasteiger charge is 2.36. The number of alkyl halides is 3. The van der Waals surface area contributed by atoms with Gasteiger partial charge in [0.25, 0.3) is 10.0 Å². The van der Waals surface area contributed by atoms with Crippen molar-refractivity contribution >= 4 is 27.5 Å². The van der Waals surface area contributed by atoms with Gasteiger partial charge in [-0.1, -0.05) is 79.2 Å². The van der Waals surface area contributed by atoms with Crippen molar-refractivity contribution in [2.24, 2.45) is 0 Å². The van der Waals surface area contributed by atoms with E-state index < -0.39 is 64.2 Å². The molecule has 0 unspecified atom stereocenters. The Kier molecular flexibility index (Phi) is 11.4. The fourth-order valence-corrected chi connectivity index (χ4v) is 6.34. The number of nitrogens with zero attached hydrogens (tertiary/aromatic N) is 2. The predicted octanol–water partition coefficient (Wildman–Crippen LogP) is 6.51. The van der Waals surface area contributed by atoms with Crippen molar-refractivity contribution in [3.8, 4) is 0 Å². The van der Waals surface area contributed by atoms with E-state index in [-0.39, 0.29) is 23.4 Å². The minimum Gasteiger partial charge on any atom is -0.354 e. The zero-order valence-corrected chi connectivity index (χ0v) is 26.7. The van der Waals surface area contributed by atoms with E-state index in [0.717, 1.165) is 28.7 Å². The van der Waals surface area contributed by atoms with Crippen LogP contribution in [0.2, 0.25) is 0 Å². The van der Waals surface area contributed by atoms with Crippen LogP contribution in [0.4, 0.5) is 23.2 Å². The SMILES string of the molecule is CCCNC(=O)[C@@H](Cc1ccccc1)N(Cc1ccccc1F)C(=O)CN(c1cccc(C(F)(F)F)c1)S(=O)(=O)c1ccc(C)cc1. The summed E-state index contributed by atoms with van der Waals surface area (Å²) in [5, 5.41) is 2.78. The number of carbonyl (C=O) groups is 2. The summed E-state index contributed by atoms with van der Waals surface area (Å²) >= 11 is 0. The van der Waals surface area contributed by atoms with E-state index in [9.17, 15) is 35.6 Å². The summed E-state index contributed by atoms with van der Waals surface area (Å²) in [6, 6.07) is 22.5. The van der Waals surface area contributed by atoms with Crippen LogP contribution < -0.4 is 9.62 Å². The molecule has 0 saturated carbocycles. The van der Waals surface area contributed by atoms with Gasteiger partial charge in [0, 0.05) is 25.1 Å². The zero-order chi connectivity index (χ0) is 34.2. The normalized spacial score (nSPS) is 12.3. The largest absolute Gasteiger partial charge is 0.416 e. The second-order valence-electron chi connectivity index (χ2n) is 11.0. The van der Waals surface area contributed by atoms with Gasteiger partial charge in [-0.2, -0.15) is 13.2 Å². The molecule has 0 aliphatic carbocycles. The Hall–Kier alpha value is -4.71. The minimum absolute atomic E-state index is 0.00481. The highest BCUT2D eigenvalue weighted by molar-refractivity contribution is 7.92. The van der Waals surface area contributed by atoms with E-state index in [1.165, 1.54) is 42.5 Å². The summed E-state index contributed by atoms with van der Waals surface area (Å²) in [4.78, 5) is 28.8. The molecule has 12 heteroatoms. The molecule has 1 N–H and O–H groups in total. The lowest BCUT2D eigenvalue weighted by atomic mass is 10.0. The first-order valence-corrected chi connectivity index (χ1v) is 16.4. The third-order valence-electron chi connectivity index (χ3n) is 7.47. The Morgan fingerprint density at radius 3 is 2.17 bits per heavy atom. The number of halogens is 4. The molecule has 0 bridgehead atoms. The molecule has 4 aromatic rings. The Morgan fingerprint density at radius 2 is 1.53 bits per heavy atom. The standard InChI is InChI=1S/C35H35F4N3O4S/c1-3-20-40-34(44)32(21-26-10-5-4-6-11-26)41(23-27-12-7-8-15-31(27)36)33(43)24-42(29-14-9-13-28(22-29)35(37,38)39)47(45,46)30-18-16-25(2)17-19-30/h4-19,22,32H,3,20-21,23-24H2,1-2H3,(H,40,44)/t32-/m1/s1. The van der Waals surface area contributed by atoms with Gasteiger partial charge in [-0.15, -0.1) is 0 Å². The van der Waals surface area contributed by atoms with Gasteiger partial charge in [0.15, 0.2) is 0 Å². The van der Waals surface area contributed by atoms with Crippen LogP contribution in [-0.4, -0.2) is 44.3 Å². The van der Waals surface area contributed by atoms with E-state index in [4.69, 9.17) is 0 Å². The van der Waals surface area contributed by atoms with Crippen molar-refractivity contribution in [3.05, 3.63) is 131 Å². The molecule has 0 fully saturated rings. The van der Waals surface area contributed by atoms with Crippen LogP contribution in [0.15, 0.2) is 108 Å². The number of amides is 2. The number of rotatable bonds is 13. The number of sulfonamides is 1. The van der Waals surface area contributed by atoms with Crippen LogP contribution >= 0.6 is 0 Å². The molecule has 47 heavy (non-hydrogen) atoms. The van der Waals surface area contributed by atoms with Crippen LogP contribution in [-0.2, 0) is 38.8 Å². The Bertz CT molecular complexity index is 1780. The van der Waals surface area contributed by atoms with Crippen LogP contribution in [0.3, 0.4) is 0 Å². The number of benzene rings is 4. The van der Waals surface area contributed by atoms with Crippen LogP contribution in [0.1, 0.15) is 35.6 Å². The number of aryl methyl sites for hydroxylation is 1. The maximum absolute atomic E-state index is 15.0. The van der Waals surface area contributed by atoms with E-state index in [1.807, 2.05) is 6.92 Å². The van der Waals surface area contributed by atoms with E-state index >= 15 is 0 Å². The maximum atomic E-state index is 15.0. The molecular formula is C35H35F4N3O4S. The molecule has 0 aromatic heterocycles. The van der Waals surface area contributed by atoms with E-state index in [0.29, 0.717) is 22.4 Å². The lowest BCUT2D eigenvalue weighted by Gasteiger charge is -2.34. The van der Waals surface area contributed by atoms with E-state index in [2.05, 4.69) is 5.32 Å². The predicted molar refractivity (Wildman–Crippen MR) is 171 cm³/mol. The number of nitrogens with one attached hydrogen (secondary N) is 1. The molecule has 248 valence electrons. The molecule has 2 amide bonds. The average Bonchev–Trinajstić information content (AvgIpc) is 3.05. The minimum atomic E-state index is -4.80. The van der Waals surface area contributed by atoms with Gasteiger partial charge in [-0.25, -0.2) is 12.8 Å². The smallest absolute Gasteiger partial charge is 0.354 e. The first-order valence-electron chi connectivity index (χ1n) is 14.9. The molecule has 4 rings (SSSR count). The lowest BCUT2D eigenvalue weighted by molar-refractivity contribution is -0.140. The molecular weight excluding hydrogens is 634 g/mol. The Balaban J connectivity index is 1.85. The second-order valence-corrected chi connectivity index (χ2v) is 12.8. The number of anilines is 1. The summed E-state index contributed by atoms with van der Waals surface area (Å²) in [5.74, 6) is -2.12. The van der Waals surface area contributed by atoms with Crippen LogP contribution in [0.25, 0.3) is 0 Å². The fourth-order valence-electron chi connectivity index (χ4n) is 4.93. The zero-order valence-electron chi connectivity index (χ0n) is 25.9. The number of hydrogen-bond acceptors (Lipinski definition) is 4. The molecule has 4 aromatic carbocycles. The van der Waals surface area contributed by atoms with Gasteiger partial charge in [0.05, 0.1) is 16.1 Å². The summed E-state index contributed by atoms with van der Waals surface area (Å²) in [7, 11) is -4.62. The molecule has 1 atom stereocenters. The first-order chi connectivity index (χ1) is 22.3. The van der Waals surface area contributed by atoms with Crippen molar-refractivity contribution in [3.63, 3.8) is 0 Å². The lowest BCUT2D eigenvalue weighted by Crippen LogP contribution is -2.53. The molecule has 7 nitrogen and oxygen atoms in total. The molecule has 0 aliphatic rings. The first kappa shape index (κ1) is 35.1. The summed E-state index contributed by atoms with van der Waals surface area (Å²) in [5.41, 5.74) is -0.0411. The van der Waals surface area contributed by atoms with Crippen LogP contribution in [0.5, 0.6) is 0 Å². The third kappa shape index (κ3) is 8.97. The number of carbonyl (C=O) groups excluding carboxylic acids is 2. The molecule has 0 spiro atoms.